The van der Waals surface area contributed by atoms with E-state index in [1.807, 2.05) is 13.8 Å². The fourth-order valence-corrected chi connectivity index (χ4v) is 0. The molecule has 4 heteroatoms. The quantitative estimate of drug-likeness (QED) is 0.350. The average molecular weight is 182 g/mol. The van der Waals surface area contributed by atoms with Crippen LogP contribution in [0.1, 0.15) is 13.8 Å². The second kappa shape index (κ2) is 30.7. The summed E-state index contributed by atoms with van der Waals surface area (Å²) in [5, 5.41) is 16.5. The van der Waals surface area contributed by atoms with Crippen LogP contribution in [0.25, 0.3) is 0 Å². The predicted molar refractivity (Wildman–Crippen MR) is 43.8 cm³/mol. The summed E-state index contributed by atoms with van der Waals surface area (Å²) in [6.45, 7) is 9.61. The number of aliphatic hydroxyl groups excluding tert-OH is 1. The first kappa shape index (κ1) is 22.7. The maximum atomic E-state index is 9.01. The zero-order valence-electron chi connectivity index (χ0n) is 8.04. The summed E-state index contributed by atoms with van der Waals surface area (Å²) in [7, 11) is 0. The summed E-state index contributed by atoms with van der Waals surface area (Å²) >= 11 is 0. The van der Waals surface area contributed by atoms with E-state index in [-0.39, 0.29) is 29.6 Å². The van der Waals surface area contributed by atoms with Gasteiger partial charge in [0.25, 0.3) is 0 Å². The first-order valence-corrected chi connectivity index (χ1v) is 3.05. The standard InChI is InChI=1S/2C3H6.C2H4O3.Na/c2*1-3-2;3-1-2(4)5;/h2*3H,1H2,2H3;3H,1H2,(H,4,5);/q;;;+1/p-1. The predicted octanol–water partition coefficient (Wildman–Crippen LogP) is -2.88. The maximum absolute atomic E-state index is 9.01. The number of carboxylic acids is 1. The van der Waals surface area contributed by atoms with Crippen LogP contribution in [0.3, 0.4) is 0 Å². The van der Waals surface area contributed by atoms with E-state index in [0.717, 1.165) is 0 Å². The molecule has 3 nitrogen and oxygen atoms in total. The topological polar surface area (TPSA) is 60.4 Å². The molecule has 0 rings (SSSR count). The molecule has 0 radical (unpaired) electrons. The fraction of sp³-hybridized carbons (Fsp3) is 0.375. The largest absolute Gasteiger partial charge is 1.00 e. The van der Waals surface area contributed by atoms with Crippen LogP contribution in [-0.4, -0.2) is 17.7 Å². The van der Waals surface area contributed by atoms with Crippen molar-refractivity contribution in [3.63, 3.8) is 0 Å². The van der Waals surface area contributed by atoms with E-state index in [1.54, 1.807) is 12.2 Å². The van der Waals surface area contributed by atoms with Crippen LogP contribution in [0.4, 0.5) is 0 Å². The Kier molecular flexibility index (Phi) is 57.9. The van der Waals surface area contributed by atoms with Gasteiger partial charge < -0.3 is 15.0 Å². The molecule has 1 N–H and O–H groups in total. The molecule has 0 aliphatic carbocycles. The number of carbonyl (C=O) groups is 1. The molecule has 0 atom stereocenters. The number of hydrogen-bond donors (Lipinski definition) is 1. The number of aliphatic carboxylic acids is 1. The smallest absolute Gasteiger partial charge is 0.548 e. The van der Waals surface area contributed by atoms with E-state index in [2.05, 4.69) is 13.2 Å². The first-order valence-electron chi connectivity index (χ1n) is 3.05. The number of carboxylic acid groups (broad SMARTS) is 1. The van der Waals surface area contributed by atoms with Gasteiger partial charge in [0.05, 0.1) is 12.6 Å². The Hall–Kier alpha value is -0.0900. The van der Waals surface area contributed by atoms with Gasteiger partial charge >= 0.3 is 29.6 Å². The molecule has 0 saturated heterocycles. The van der Waals surface area contributed by atoms with Crippen LogP contribution in [-0.2, 0) is 4.79 Å². The van der Waals surface area contributed by atoms with Gasteiger partial charge in [-0.1, -0.05) is 12.2 Å². The molecule has 0 aromatic carbocycles. The van der Waals surface area contributed by atoms with Gasteiger partial charge in [0.1, 0.15) is 0 Å². The molecule has 0 aliphatic rings. The van der Waals surface area contributed by atoms with Crippen molar-refractivity contribution in [3.8, 4) is 0 Å². The monoisotopic (exact) mass is 182 g/mol. The van der Waals surface area contributed by atoms with Crippen molar-refractivity contribution in [1.82, 2.24) is 0 Å². The molecule has 0 heterocycles. The molecule has 0 aromatic rings. The summed E-state index contributed by atoms with van der Waals surface area (Å²) < 4.78 is 0. The Morgan fingerprint density at radius 3 is 1.50 bits per heavy atom. The van der Waals surface area contributed by atoms with E-state index >= 15 is 0 Å². The number of aliphatic hydroxyl groups is 1. The van der Waals surface area contributed by atoms with Gasteiger partial charge in [-0.05, 0) is 13.8 Å². The number of allylic oxidation sites excluding steroid dienone is 2. The Balaban J connectivity index is -0.0000000406. The van der Waals surface area contributed by atoms with Crippen LogP contribution in [0, 0.1) is 0 Å². The third-order valence-corrected chi connectivity index (χ3v) is 0.129. The van der Waals surface area contributed by atoms with E-state index in [4.69, 9.17) is 15.0 Å². The van der Waals surface area contributed by atoms with Crippen LogP contribution >= 0.6 is 0 Å². The van der Waals surface area contributed by atoms with Crippen molar-refractivity contribution < 1.29 is 44.6 Å². The second-order valence-corrected chi connectivity index (χ2v) is 1.35. The molecule has 0 aliphatic heterocycles. The molecule has 66 valence electrons. The van der Waals surface area contributed by atoms with Crippen LogP contribution < -0.4 is 34.7 Å². The third kappa shape index (κ3) is 216. The maximum Gasteiger partial charge on any atom is 1.00 e. The zero-order chi connectivity index (χ0) is 9.70. The van der Waals surface area contributed by atoms with Gasteiger partial charge in [0.2, 0.25) is 0 Å². The average Bonchev–Trinajstić information content (AvgIpc) is 1.91. The van der Waals surface area contributed by atoms with Gasteiger partial charge in [-0.3, -0.25) is 0 Å². The Morgan fingerprint density at radius 1 is 1.42 bits per heavy atom. The van der Waals surface area contributed by atoms with Crippen molar-refractivity contribution in [3.05, 3.63) is 25.3 Å². The zero-order valence-corrected chi connectivity index (χ0v) is 10.0. The van der Waals surface area contributed by atoms with Gasteiger partial charge in [-0.25, -0.2) is 0 Å². The molecule has 0 amide bonds. The summed E-state index contributed by atoms with van der Waals surface area (Å²) in [5.74, 6) is -1.44. The summed E-state index contributed by atoms with van der Waals surface area (Å²) in [4.78, 5) is 9.01. The SMILES string of the molecule is C=CC.C=CC.O=C([O-])CO.[Na+]. The number of carbonyl (C=O) groups excluding carboxylic acids is 1. The molecular formula is C8H15NaO3. The summed E-state index contributed by atoms with van der Waals surface area (Å²) in [6, 6.07) is 0. The molecule has 0 unspecified atom stereocenters. The van der Waals surface area contributed by atoms with Gasteiger partial charge in [0.15, 0.2) is 0 Å². The number of hydrogen-bond acceptors (Lipinski definition) is 3. The van der Waals surface area contributed by atoms with Crippen molar-refractivity contribution in [2.24, 2.45) is 0 Å². The molecule has 0 bridgehead atoms. The van der Waals surface area contributed by atoms with Gasteiger partial charge in [-0.15, -0.1) is 13.2 Å². The first-order chi connectivity index (χ1) is 5.10. The number of rotatable bonds is 1. The molecule has 12 heavy (non-hydrogen) atoms. The normalized spacial score (nSPS) is 5.25. The van der Waals surface area contributed by atoms with Gasteiger partial charge in [-0.2, -0.15) is 0 Å². The molecule has 0 saturated carbocycles. The van der Waals surface area contributed by atoms with E-state index in [9.17, 15) is 0 Å². The third-order valence-electron chi connectivity index (χ3n) is 0.129. The molecule has 0 fully saturated rings. The Morgan fingerprint density at radius 2 is 1.50 bits per heavy atom. The van der Waals surface area contributed by atoms with Crippen LogP contribution in [0.15, 0.2) is 25.3 Å². The van der Waals surface area contributed by atoms with Crippen molar-refractivity contribution in [2.75, 3.05) is 6.61 Å². The van der Waals surface area contributed by atoms with Gasteiger partial charge in [0, 0.05) is 0 Å². The van der Waals surface area contributed by atoms with Crippen molar-refractivity contribution >= 4 is 5.97 Å². The van der Waals surface area contributed by atoms with E-state index in [0.29, 0.717) is 0 Å². The molecule has 0 aromatic heterocycles. The minimum Gasteiger partial charge on any atom is -0.548 e. The molecule has 0 spiro atoms. The second-order valence-electron chi connectivity index (χ2n) is 1.35. The van der Waals surface area contributed by atoms with Crippen molar-refractivity contribution in [2.45, 2.75) is 13.8 Å². The fourth-order valence-electron chi connectivity index (χ4n) is 0. The summed E-state index contributed by atoms with van der Waals surface area (Å²) in [5.41, 5.74) is 0. The van der Waals surface area contributed by atoms with Crippen LogP contribution in [0.2, 0.25) is 0 Å². The van der Waals surface area contributed by atoms with E-state index < -0.39 is 12.6 Å². The van der Waals surface area contributed by atoms with Crippen molar-refractivity contribution in [1.29, 1.82) is 0 Å². The minimum absolute atomic E-state index is 0. The Bertz CT molecular complexity index is 96.5. The van der Waals surface area contributed by atoms with E-state index in [1.165, 1.54) is 0 Å². The molecular weight excluding hydrogens is 167 g/mol. The summed E-state index contributed by atoms with van der Waals surface area (Å²) in [6.07, 6.45) is 3.50. The Labute approximate surface area is 96.1 Å². The minimum atomic E-state index is -1.44. The van der Waals surface area contributed by atoms with Crippen LogP contribution in [0.5, 0.6) is 0 Å².